The third-order valence-corrected chi connectivity index (χ3v) is 6.50. The minimum atomic E-state index is -4.27. The Morgan fingerprint density at radius 3 is 2.47 bits per heavy atom. The van der Waals surface area contributed by atoms with E-state index >= 15 is 0 Å². The number of benzene rings is 1. The maximum Gasteiger partial charge on any atom is 0.392 e. The maximum absolute atomic E-state index is 13.5. The van der Waals surface area contributed by atoms with E-state index in [-0.39, 0.29) is 30.9 Å². The Hall–Kier alpha value is -3.36. The second-order valence-corrected chi connectivity index (χ2v) is 8.37. The van der Waals surface area contributed by atoms with Crippen molar-refractivity contribution in [2.45, 2.75) is 37.9 Å². The largest absolute Gasteiger partial charge is 0.493 e. The summed E-state index contributed by atoms with van der Waals surface area (Å²) in [7, 11) is 4.47. The van der Waals surface area contributed by atoms with Gasteiger partial charge in [0.2, 0.25) is 5.75 Å². The molecule has 9 heteroatoms. The van der Waals surface area contributed by atoms with Crippen molar-refractivity contribution in [1.82, 2.24) is 4.57 Å². The van der Waals surface area contributed by atoms with Crippen LogP contribution in [-0.4, -0.2) is 43.1 Å². The highest BCUT2D eigenvalue weighted by atomic mass is 19.4. The molecule has 2 aromatic rings. The molecule has 1 aromatic heterocycles. The number of aromatic nitrogens is 1. The Bertz CT molecular complexity index is 1160. The summed E-state index contributed by atoms with van der Waals surface area (Å²) < 4.78 is 59.0. The van der Waals surface area contributed by atoms with Crippen LogP contribution in [0.5, 0.6) is 17.2 Å². The van der Waals surface area contributed by atoms with Crippen LogP contribution in [-0.2, 0) is 17.6 Å². The number of fused-ring (bicyclic) bond motifs is 1. The number of alkyl halides is 3. The van der Waals surface area contributed by atoms with Gasteiger partial charge in [-0.1, -0.05) is 12.2 Å². The summed E-state index contributed by atoms with van der Waals surface area (Å²) in [5.41, 5.74) is 2.81. The number of rotatable bonds is 6. The van der Waals surface area contributed by atoms with E-state index in [2.05, 4.69) is 0 Å². The van der Waals surface area contributed by atoms with E-state index in [0.29, 0.717) is 40.5 Å². The molecule has 0 saturated heterocycles. The molecule has 34 heavy (non-hydrogen) atoms. The lowest BCUT2D eigenvalue weighted by Gasteiger charge is -2.29. The van der Waals surface area contributed by atoms with E-state index in [4.69, 9.17) is 14.2 Å². The lowest BCUT2D eigenvalue weighted by molar-refractivity contribution is -0.177. The van der Waals surface area contributed by atoms with Crippen LogP contribution in [0.1, 0.15) is 30.1 Å². The first-order valence-electron chi connectivity index (χ1n) is 10.9. The third kappa shape index (κ3) is 4.15. The molecule has 2 atom stereocenters. The molecule has 0 fully saturated rings. The summed E-state index contributed by atoms with van der Waals surface area (Å²) in [6.07, 6.45) is 1.32. The van der Waals surface area contributed by atoms with Gasteiger partial charge in [0.05, 0.1) is 44.6 Å². The zero-order valence-electron chi connectivity index (χ0n) is 19.1. The number of carboxylic acids is 1. The van der Waals surface area contributed by atoms with Crippen LogP contribution in [0.15, 0.2) is 42.0 Å². The average molecular weight is 477 g/mol. The first-order chi connectivity index (χ1) is 16.2. The number of carboxylic acid groups (broad SMARTS) is 1. The van der Waals surface area contributed by atoms with E-state index in [9.17, 15) is 23.1 Å². The molecule has 0 bridgehead atoms. The van der Waals surface area contributed by atoms with Gasteiger partial charge in [0, 0.05) is 11.3 Å². The molecule has 1 heterocycles. The van der Waals surface area contributed by atoms with Crippen molar-refractivity contribution in [3.63, 3.8) is 0 Å². The highest BCUT2D eigenvalue weighted by Crippen LogP contribution is 2.48. The topological polar surface area (TPSA) is 69.9 Å². The van der Waals surface area contributed by atoms with Gasteiger partial charge in [-0.25, -0.2) is 4.79 Å². The summed E-state index contributed by atoms with van der Waals surface area (Å²) in [5, 5.41) is 9.51. The molecule has 4 rings (SSSR count). The molecule has 1 N–H and O–H groups in total. The summed E-state index contributed by atoms with van der Waals surface area (Å²) in [6.45, 7) is 0. The van der Waals surface area contributed by atoms with Gasteiger partial charge in [-0.15, -0.1) is 0 Å². The SMILES string of the molecule is COc1ccc(-c2cc3c(n2C2C=C(C(=O)O)C=CC2)CCC(C(F)(F)F)C3)c(OC)c1OC. The standard InChI is InChI=1S/C25H26F3NO5/c1-32-21-10-8-18(22(33-2)23(21)34-3)20-13-15-11-16(25(26,27)28)7-9-19(15)29(20)17-6-4-5-14(12-17)24(30)31/h4-5,8,10,12-13,16-17H,6-7,9,11H2,1-3H3,(H,30,31). The Balaban J connectivity index is 1.93. The Morgan fingerprint density at radius 1 is 1.12 bits per heavy atom. The number of hydrogen-bond donors (Lipinski definition) is 1. The number of carbonyl (C=O) groups is 1. The quantitative estimate of drug-likeness (QED) is 0.607. The van der Waals surface area contributed by atoms with Gasteiger partial charge in [-0.2, -0.15) is 13.2 Å². The summed E-state index contributed by atoms with van der Waals surface area (Å²) in [6, 6.07) is 4.89. The van der Waals surface area contributed by atoms with Crippen LogP contribution in [0.4, 0.5) is 13.2 Å². The number of methoxy groups -OCH3 is 3. The maximum atomic E-state index is 13.5. The van der Waals surface area contributed by atoms with E-state index < -0.39 is 18.1 Å². The summed E-state index contributed by atoms with van der Waals surface area (Å²) in [4.78, 5) is 11.6. The molecule has 182 valence electrons. The number of allylic oxidation sites excluding steroid dienone is 2. The number of nitrogens with zero attached hydrogens (tertiary/aromatic N) is 1. The fourth-order valence-corrected chi connectivity index (χ4v) is 4.91. The normalized spacial score (nSPS) is 19.9. The third-order valence-electron chi connectivity index (χ3n) is 6.50. The first kappa shape index (κ1) is 23.8. The van der Waals surface area contributed by atoms with Gasteiger partial charge in [-0.3, -0.25) is 0 Å². The number of ether oxygens (including phenoxy) is 3. The molecule has 0 spiro atoms. The average Bonchev–Trinajstić information content (AvgIpc) is 3.21. The second-order valence-electron chi connectivity index (χ2n) is 8.37. The van der Waals surface area contributed by atoms with Crippen LogP contribution in [0.3, 0.4) is 0 Å². The van der Waals surface area contributed by atoms with E-state index in [1.807, 2.05) is 4.57 Å². The van der Waals surface area contributed by atoms with Crippen LogP contribution in [0, 0.1) is 5.92 Å². The van der Waals surface area contributed by atoms with Crippen LogP contribution in [0.25, 0.3) is 11.3 Å². The van der Waals surface area contributed by atoms with Gasteiger partial charge in [-0.05, 0) is 55.5 Å². The zero-order chi connectivity index (χ0) is 24.6. The van der Waals surface area contributed by atoms with Crippen molar-refractivity contribution in [2.24, 2.45) is 5.92 Å². The molecular formula is C25H26F3NO5. The highest BCUT2D eigenvalue weighted by Gasteiger charge is 2.42. The number of halogens is 3. The predicted molar refractivity (Wildman–Crippen MR) is 120 cm³/mol. The Labute approximate surface area is 195 Å². The fraction of sp³-hybridized carbons (Fsp3) is 0.400. The van der Waals surface area contributed by atoms with Gasteiger partial charge in [0.25, 0.3) is 0 Å². The lowest BCUT2D eigenvalue weighted by Crippen LogP contribution is -2.29. The molecule has 2 aliphatic carbocycles. The van der Waals surface area contributed by atoms with Crippen molar-refractivity contribution < 1.29 is 37.3 Å². The molecule has 0 radical (unpaired) electrons. The molecular weight excluding hydrogens is 451 g/mol. The van der Waals surface area contributed by atoms with Crippen LogP contribution >= 0.6 is 0 Å². The number of hydrogen-bond acceptors (Lipinski definition) is 4. The molecule has 6 nitrogen and oxygen atoms in total. The Kier molecular flexibility index (Phi) is 6.38. The predicted octanol–water partition coefficient (Wildman–Crippen LogP) is 5.36. The van der Waals surface area contributed by atoms with E-state index in [0.717, 1.165) is 5.69 Å². The van der Waals surface area contributed by atoms with Crippen molar-refractivity contribution in [2.75, 3.05) is 21.3 Å². The number of aliphatic carboxylic acids is 1. The molecule has 1 aromatic carbocycles. The van der Waals surface area contributed by atoms with Gasteiger partial charge in [0.1, 0.15) is 0 Å². The first-order valence-corrected chi connectivity index (χ1v) is 10.9. The Morgan fingerprint density at radius 2 is 1.85 bits per heavy atom. The minimum absolute atomic E-state index is 0.0128. The summed E-state index contributed by atoms with van der Waals surface area (Å²) >= 11 is 0. The minimum Gasteiger partial charge on any atom is -0.493 e. The monoisotopic (exact) mass is 477 g/mol. The van der Waals surface area contributed by atoms with Crippen molar-refractivity contribution in [3.8, 4) is 28.5 Å². The van der Waals surface area contributed by atoms with Crippen molar-refractivity contribution in [3.05, 3.63) is 53.3 Å². The lowest BCUT2D eigenvalue weighted by atomic mass is 9.87. The molecule has 2 unspecified atom stereocenters. The highest BCUT2D eigenvalue weighted by molar-refractivity contribution is 5.90. The van der Waals surface area contributed by atoms with Crippen molar-refractivity contribution in [1.29, 1.82) is 0 Å². The molecule has 0 aliphatic heterocycles. The molecule has 0 amide bonds. The van der Waals surface area contributed by atoms with Gasteiger partial charge < -0.3 is 23.9 Å². The fourth-order valence-electron chi connectivity index (χ4n) is 4.91. The van der Waals surface area contributed by atoms with Gasteiger partial charge in [0.15, 0.2) is 11.5 Å². The van der Waals surface area contributed by atoms with Crippen LogP contribution < -0.4 is 14.2 Å². The zero-order valence-corrected chi connectivity index (χ0v) is 19.1. The molecule has 2 aliphatic rings. The van der Waals surface area contributed by atoms with Crippen molar-refractivity contribution >= 4 is 5.97 Å². The van der Waals surface area contributed by atoms with E-state index in [1.54, 1.807) is 36.4 Å². The van der Waals surface area contributed by atoms with Crippen LogP contribution in [0.2, 0.25) is 0 Å². The van der Waals surface area contributed by atoms with E-state index in [1.165, 1.54) is 21.3 Å². The second kappa shape index (κ2) is 9.12. The summed E-state index contributed by atoms with van der Waals surface area (Å²) in [5.74, 6) is -1.25. The molecule has 0 saturated carbocycles. The smallest absolute Gasteiger partial charge is 0.392 e. The van der Waals surface area contributed by atoms with Gasteiger partial charge >= 0.3 is 12.1 Å².